The number of rotatable bonds is 7. The van der Waals surface area contributed by atoms with Crippen LogP contribution >= 0.6 is 11.6 Å². The summed E-state index contributed by atoms with van der Waals surface area (Å²) < 4.78 is 0. The fourth-order valence-electron chi connectivity index (χ4n) is 4.63. The van der Waals surface area contributed by atoms with Gasteiger partial charge in [0.25, 0.3) is 0 Å². The molecule has 34 heavy (non-hydrogen) atoms. The average Bonchev–Trinajstić information content (AvgIpc) is 3.34. The van der Waals surface area contributed by atoms with Crippen LogP contribution in [0.5, 0.6) is 0 Å². The first-order valence-electron chi connectivity index (χ1n) is 11.9. The lowest BCUT2D eigenvalue weighted by Gasteiger charge is -2.39. The minimum Gasteiger partial charge on any atom is -0.372 e. The number of unbranched alkanes of at least 4 members (excludes halogenated alkanes) is 1. The number of pyridine rings is 1. The molecular formula is C28H30ClN5. The second kappa shape index (κ2) is 9.51. The maximum absolute atomic E-state index is 6.67. The normalized spacial score (nSPS) is 14.2. The van der Waals surface area contributed by atoms with Crippen LogP contribution in [-0.4, -0.2) is 51.2 Å². The van der Waals surface area contributed by atoms with E-state index in [1.54, 1.807) is 0 Å². The summed E-state index contributed by atoms with van der Waals surface area (Å²) in [7, 11) is 0. The predicted molar refractivity (Wildman–Crippen MR) is 143 cm³/mol. The fourth-order valence-corrected chi connectivity index (χ4v) is 4.89. The Balaban J connectivity index is 1.37. The fraction of sp³-hybridized carbons (Fsp3) is 0.286. The number of nitrogens with zero attached hydrogens (tertiary/aromatic N) is 4. The van der Waals surface area contributed by atoms with Gasteiger partial charge in [-0.05, 0) is 42.7 Å². The van der Waals surface area contributed by atoms with Gasteiger partial charge in [0, 0.05) is 53.9 Å². The highest BCUT2D eigenvalue weighted by atomic mass is 35.5. The van der Waals surface area contributed by atoms with Crippen molar-refractivity contribution < 1.29 is 0 Å². The van der Waals surface area contributed by atoms with Crippen LogP contribution in [0.25, 0.3) is 38.8 Å². The molecule has 1 saturated heterocycles. The van der Waals surface area contributed by atoms with Crippen LogP contribution in [0, 0.1) is 0 Å². The molecule has 1 N–H and O–H groups in total. The smallest absolute Gasteiger partial charge is 0.0731 e. The monoisotopic (exact) mass is 471 g/mol. The zero-order valence-electron chi connectivity index (χ0n) is 19.6. The standard InChI is InChI=1S/C28H30ClN5/c1-4-5-6-19(2)33-11-13-34(14-12-33)20(3)21-7-9-24-25(29)17-27(31-28(24)16-21)22-8-10-26-23(15-22)18-30-32-26/h7-10,15-18H,2-6,11-14H2,1H3,(H,30,32). The summed E-state index contributed by atoms with van der Waals surface area (Å²) in [4.78, 5) is 9.74. The van der Waals surface area contributed by atoms with Crippen molar-refractivity contribution in [2.75, 3.05) is 26.2 Å². The van der Waals surface area contributed by atoms with Crippen molar-refractivity contribution in [1.82, 2.24) is 25.0 Å². The summed E-state index contributed by atoms with van der Waals surface area (Å²) in [6.07, 6.45) is 5.32. The van der Waals surface area contributed by atoms with Gasteiger partial charge in [-0.3, -0.25) is 5.10 Å². The molecule has 5 rings (SSSR count). The predicted octanol–water partition coefficient (Wildman–Crippen LogP) is 6.72. The zero-order valence-corrected chi connectivity index (χ0v) is 20.4. The molecule has 0 bridgehead atoms. The van der Waals surface area contributed by atoms with Crippen LogP contribution < -0.4 is 0 Å². The van der Waals surface area contributed by atoms with E-state index in [0.717, 1.165) is 76.9 Å². The molecule has 1 fully saturated rings. The van der Waals surface area contributed by atoms with Crippen molar-refractivity contribution in [1.29, 1.82) is 0 Å². The molecule has 0 radical (unpaired) electrons. The Labute approximate surface area is 205 Å². The van der Waals surface area contributed by atoms with Crippen molar-refractivity contribution in [3.63, 3.8) is 0 Å². The number of benzene rings is 2. The highest BCUT2D eigenvalue weighted by Gasteiger charge is 2.20. The lowest BCUT2D eigenvalue weighted by molar-refractivity contribution is 0.209. The number of hydrogen-bond acceptors (Lipinski definition) is 4. The molecule has 0 atom stereocenters. The van der Waals surface area contributed by atoms with Crippen LogP contribution in [0.4, 0.5) is 0 Å². The van der Waals surface area contributed by atoms with Crippen LogP contribution in [0.3, 0.4) is 0 Å². The van der Waals surface area contributed by atoms with Crippen molar-refractivity contribution in [3.8, 4) is 11.3 Å². The highest BCUT2D eigenvalue weighted by molar-refractivity contribution is 6.35. The highest BCUT2D eigenvalue weighted by Crippen LogP contribution is 2.32. The molecule has 2 aromatic carbocycles. The van der Waals surface area contributed by atoms with Gasteiger partial charge in [-0.15, -0.1) is 0 Å². The summed E-state index contributed by atoms with van der Waals surface area (Å²) >= 11 is 6.67. The van der Waals surface area contributed by atoms with E-state index in [-0.39, 0.29) is 0 Å². The molecule has 5 nitrogen and oxygen atoms in total. The minimum absolute atomic E-state index is 0.698. The van der Waals surface area contributed by atoms with Gasteiger partial charge < -0.3 is 9.80 Å². The molecule has 1 aliphatic heterocycles. The second-order valence-electron chi connectivity index (χ2n) is 8.98. The number of hydrogen-bond donors (Lipinski definition) is 1. The van der Waals surface area contributed by atoms with Crippen LogP contribution in [-0.2, 0) is 0 Å². The van der Waals surface area contributed by atoms with E-state index < -0.39 is 0 Å². The average molecular weight is 472 g/mol. The largest absolute Gasteiger partial charge is 0.372 e. The Bertz CT molecular complexity index is 1360. The lowest BCUT2D eigenvalue weighted by atomic mass is 10.0. The number of aromatic nitrogens is 3. The molecule has 0 amide bonds. The van der Waals surface area contributed by atoms with Gasteiger partial charge in [0.15, 0.2) is 0 Å². The van der Waals surface area contributed by atoms with Crippen molar-refractivity contribution in [2.45, 2.75) is 26.2 Å². The first-order valence-corrected chi connectivity index (χ1v) is 12.3. The molecule has 0 unspecified atom stereocenters. The molecule has 3 heterocycles. The molecule has 0 spiro atoms. The maximum Gasteiger partial charge on any atom is 0.0731 e. The van der Waals surface area contributed by atoms with Crippen molar-refractivity contribution in [2.24, 2.45) is 0 Å². The van der Waals surface area contributed by atoms with Crippen LogP contribution in [0.1, 0.15) is 31.7 Å². The molecule has 0 aliphatic carbocycles. The Morgan fingerprint density at radius 1 is 1.03 bits per heavy atom. The van der Waals surface area contributed by atoms with E-state index in [4.69, 9.17) is 16.6 Å². The number of H-pyrrole nitrogens is 1. The summed E-state index contributed by atoms with van der Waals surface area (Å²) in [5, 5.41) is 9.80. The third-order valence-corrected chi connectivity index (χ3v) is 7.07. The van der Waals surface area contributed by atoms with E-state index >= 15 is 0 Å². The van der Waals surface area contributed by atoms with Gasteiger partial charge in [-0.1, -0.05) is 56.3 Å². The molecule has 1 aliphatic rings. The van der Waals surface area contributed by atoms with E-state index in [0.29, 0.717) is 5.02 Å². The molecule has 6 heteroatoms. The molecule has 4 aromatic rings. The topological polar surface area (TPSA) is 48.0 Å². The Kier molecular flexibility index (Phi) is 6.29. The van der Waals surface area contributed by atoms with Gasteiger partial charge in [0.05, 0.1) is 27.9 Å². The first kappa shape index (κ1) is 22.5. The number of aromatic amines is 1. The second-order valence-corrected chi connectivity index (χ2v) is 9.39. The Morgan fingerprint density at radius 3 is 2.62 bits per heavy atom. The first-order chi connectivity index (χ1) is 16.5. The van der Waals surface area contributed by atoms with Gasteiger partial charge in [-0.25, -0.2) is 4.98 Å². The number of allylic oxidation sites excluding steroid dienone is 1. The zero-order chi connectivity index (χ0) is 23.7. The maximum atomic E-state index is 6.67. The van der Waals surface area contributed by atoms with Gasteiger partial charge in [0.2, 0.25) is 0 Å². The molecule has 2 aromatic heterocycles. The van der Waals surface area contributed by atoms with Crippen LogP contribution in [0.2, 0.25) is 5.02 Å². The lowest BCUT2D eigenvalue weighted by Crippen LogP contribution is -2.44. The third-order valence-electron chi connectivity index (χ3n) is 6.76. The number of fused-ring (bicyclic) bond motifs is 2. The van der Waals surface area contributed by atoms with E-state index in [9.17, 15) is 0 Å². The van der Waals surface area contributed by atoms with E-state index in [1.807, 2.05) is 24.4 Å². The van der Waals surface area contributed by atoms with E-state index in [2.05, 4.69) is 64.3 Å². The summed E-state index contributed by atoms with van der Waals surface area (Å²) in [6.45, 7) is 14.8. The number of piperazine rings is 1. The third kappa shape index (κ3) is 4.40. The molecule has 0 saturated carbocycles. The SMILES string of the molecule is C=C(CCCC)N1CCN(C(=C)c2ccc3c(Cl)cc(-c4ccc5[nH]ncc5c4)nc3c2)CC1. The Morgan fingerprint density at radius 2 is 1.82 bits per heavy atom. The van der Waals surface area contributed by atoms with E-state index in [1.165, 1.54) is 18.5 Å². The summed E-state index contributed by atoms with van der Waals surface area (Å²) in [5.74, 6) is 0. The van der Waals surface area contributed by atoms with Crippen LogP contribution in [0.15, 0.2) is 67.5 Å². The molecule has 174 valence electrons. The molecular weight excluding hydrogens is 442 g/mol. The number of nitrogens with one attached hydrogen (secondary N) is 1. The summed E-state index contributed by atoms with van der Waals surface area (Å²) in [6, 6.07) is 14.3. The number of halogens is 1. The van der Waals surface area contributed by atoms with Gasteiger partial charge >= 0.3 is 0 Å². The quantitative estimate of drug-likeness (QED) is 0.325. The van der Waals surface area contributed by atoms with Crippen molar-refractivity contribution >= 4 is 39.1 Å². The van der Waals surface area contributed by atoms with Crippen molar-refractivity contribution in [3.05, 3.63) is 78.1 Å². The van der Waals surface area contributed by atoms with Gasteiger partial charge in [-0.2, -0.15) is 5.10 Å². The Hall–Kier alpha value is -3.31. The minimum atomic E-state index is 0.698. The summed E-state index contributed by atoms with van der Waals surface area (Å²) in [5.41, 5.74) is 7.12. The van der Waals surface area contributed by atoms with Gasteiger partial charge in [0.1, 0.15) is 0 Å².